The summed E-state index contributed by atoms with van der Waals surface area (Å²) in [6.07, 6.45) is 2.47. The first kappa shape index (κ1) is 15.8. The number of aromatic nitrogens is 1. The zero-order valence-electron chi connectivity index (χ0n) is 11.4. The van der Waals surface area contributed by atoms with Crippen LogP contribution in [0.25, 0.3) is 0 Å². The van der Waals surface area contributed by atoms with Crippen LogP contribution in [0, 0.1) is 0 Å². The van der Waals surface area contributed by atoms with E-state index < -0.39 is 0 Å². The molecule has 2 aromatic rings. The lowest BCUT2D eigenvalue weighted by Crippen LogP contribution is -2.12. The van der Waals surface area contributed by atoms with E-state index in [4.69, 9.17) is 16.3 Å². The predicted molar refractivity (Wildman–Crippen MR) is 87.1 cm³/mol. The first-order valence-corrected chi connectivity index (χ1v) is 7.62. The number of pyridine rings is 1. The molecular weight excluding hydrogens is 356 g/mol. The number of benzene rings is 1. The topological polar surface area (TPSA) is 51.2 Å². The van der Waals surface area contributed by atoms with Gasteiger partial charge in [-0.05, 0) is 52.7 Å². The van der Waals surface area contributed by atoms with Gasteiger partial charge in [-0.2, -0.15) is 0 Å². The average molecular weight is 370 g/mol. The maximum absolute atomic E-state index is 12.1. The van der Waals surface area contributed by atoms with Crippen molar-refractivity contribution in [1.29, 1.82) is 0 Å². The molecule has 1 amide bonds. The summed E-state index contributed by atoms with van der Waals surface area (Å²) in [4.78, 5) is 16.1. The first-order valence-electron chi connectivity index (χ1n) is 6.45. The highest BCUT2D eigenvalue weighted by Gasteiger charge is 2.09. The largest absolute Gasteiger partial charge is 0.492 e. The van der Waals surface area contributed by atoms with E-state index in [0.717, 1.165) is 6.42 Å². The van der Waals surface area contributed by atoms with Crippen molar-refractivity contribution in [2.45, 2.75) is 13.3 Å². The highest BCUT2D eigenvalue weighted by Crippen LogP contribution is 2.28. The first-order chi connectivity index (χ1) is 10.1. The van der Waals surface area contributed by atoms with Gasteiger partial charge in [-0.15, -0.1) is 0 Å². The van der Waals surface area contributed by atoms with Crippen molar-refractivity contribution in [3.8, 4) is 5.75 Å². The predicted octanol–water partition coefficient (Wildman–Crippen LogP) is 4.54. The maximum atomic E-state index is 12.1. The third-order valence-corrected chi connectivity index (χ3v) is 3.37. The number of nitrogens with one attached hydrogen (secondary N) is 1. The third-order valence-electron chi connectivity index (χ3n) is 2.64. The number of amides is 1. The van der Waals surface area contributed by atoms with Gasteiger partial charge in [-0.1, -0.05) is 18.5 Å². The molecule has 0 saturated heterocycles. The van der Waals surface area contributed by atoms with Crippen molar-refractivity contribution in [3.63, 3.8) is 0 Å². The summed E-state index contributed by atoms with van der Waals surface area (Å²) in [7, 11) is 0. The quantitative estimate of drug-likeness (QED) is 0.787. The van der Waals surface area contributed by atoms with Gasteiger partial charge in [0.2, 0.25) is 0 Å². The van der Waals surface area contributed by atoms with Crippen LogP contribution in [0.1, 0.15) is 23.7 Å². The van der Waals surface area contributed by atoms with Crippen LogP contribution in [0.5, 0.6) is 5.75 Å². The SMILES string of the molecule is CCCOc1ccc(NC(=O)c2ccnc(Br)c2)cc1Cl. The fraction of sp³-hybridized carbons (Fsp3) is 0.200. The standard InChI is InChI=1S/C15H14BrClN2O2/c1-2-7-21-13-4-3-11(9-12(13)17)19-15(20)10-5-6-18-14(16)8-10/h3-6,8-9H,2,7H2,1H3,(H,19,20). The Hall–Kier alpha value is -1.59. The number of nitrogens with zero attached hydrogens (tertiary/aromatic N) is 1. The van der Waals surface area contributed by atoms with E-state index >= 15 is 0 Å². The molecule has 0 spiro atoms. The molecule has 0 atom stereocenters. The van der Waals surface area contributed by atoms with Crippen LogP contribution in [-0.4, -0.2) is 17.5 Å². The van der Waals surface area contributed by atoms with Crippen LogP contribution < -0.4 is 10.1 Å². The lowest BCUT2D eigenvalue weighted by Gasteiger charge is -2.10. The molecule has 0 aliphatic heterocycles. The normalized spacial score (nSPS) is 10.2. The highest BCUT2D eigenvalue weighted by atomic mass is 79.9. The Labute approximate surface area is 136 Å². The lowest BCUT2D eigenvalue weighted by molar-refractivity contribution is 0.102. The molecule has 110 valence electrons. The molecule has 6 heteroatoms. The van der Waals surface area contributed by atoms with E-state index in [1.165, 1.54) is 0 Å². The zero-order chi connectivity index (χ0) is 15.2. The van der Waals surface area contributed by atoms with Crippen molar-refractivity contribution < 1.29 is 9.53 Å². The van der Waals surface area contributed by atoms with E-state index in [-0.39, 0.29) is 5.91 Å². The number of carbonyl (C=O) groups is 1. The summed E-state index contributed by atoms with van der Waals surface area (Å²) in [5.41, 5.74) is 1.13. The van der Waals surface area contributed by atoms with Crippen LogP contribution in [0.4, 0.5) is 5.69 Å². The summed E-state index contributed by atoms with van der Waals surface area (Å²) in [6, 6.07) is 8.46. The van der Waals surface area contributed by atoms with E-state index in [9.17, 15) is 4.79 Å². The summed E-state index contributed by atoms with van der Waals surface area (Å²) < 4.78 is 6.10. The van der Waals surface area contributed by atoms with Crippen molar-refractivity contribution in [2.75, 3.05) is 11.9 Å². The van der Waals surface area contributed by atoms with E-state index in [1.54, 1.807) is 36.5 Å². The minimum atomic E-state index is -0.226. The van der Waals surface area contributed by atoms with Gasteiger partial charge in [0, 0.05) is 17.4 Å². The molecule has 0 unspecified atom stereocenters. The van der Waals surface area contributed by atoms with E-state index in [0.29, 0.717) is 33.2 Å². The Kier molecular flexibility index (Phi) is 5.59. The minimum absolute atomic E-state index is 0.226. The van der Waals surface area contributed by atoms with E-state index in [2.05, 4.69) is 26.2 Å². The number of rotatable bonds is 5. The fourth-order valence-corrected chi connectivity index (χ4v) is 2.25. The Morgan fingerprint density at radius 1 is 1.38 bits per heavy atom. The summed E-state index contributed by atoms with van der Waals surface area (Å²) in [5.74, 6) is 0.388. The average Bonchev–Trinajstić information content (AvgIpc) is 2.46. The molecular formula is C15H14BrClN2O2. The second-order valence-corrected chi connectivity index (χ2v) is 5.53. The number of hydrogen-bond acceptors (Lipinski definition) is 3. The lowest BCUT2D eigenvalue weighted by atomic mass is 10.2. The maximum Gasteiger partial charge on any atom is 0.255 e. The van der Waals surface area contributed by atoms with Crippen LogP contribution in [0.3, 0.4) is 0 Å². The molecule has 0 radical (unpaired) electrons. The molecule has 0 aliphatic rings. The van der Waals surface area contributed by atoms with Crippen LogP contribution in [0.2, 0.25) is 5.02 Å². The third kappa shape index (κ3) is 4.44. The van der Waals surface area contributed by atoms with Crippen molar-refractivity contribution in [1.82, 2.24) is 4.98 Å². The number of hydrogen-bond donors (Lipinski definition) is 1. The Balaban J connectivity index is 2.09. The molecule has 0 aliphatic carbocycles. The van der Waals surface area contributed by atoms with Gasteiger partial charge in [-0.3, -0.25) is 4.79 Å². The van der Waals surface area contributed by atoms with Gasteiger partial charge in [0.05, 0.1) is 11.6 Å². The van der Waals surface area contributed by atoms with Gasteiger partial charge >= 0.3 is 0 Å². The van der Waals surface area contributed by atoms with Gasteiger partial charge in [0.1, 0.15) is 10.4 Å². The van der Waals surface area contributed by atoms with Crippen molar-refractivity contribution in [2.24, 2.45) is 0 Å². The van der Waals surface area contributed by atoms with Crippen molar-refractivity contribution in [3.05, 3.63) is 51.7 Å². The van der Waals surface area contributed by atoms with Crippen LogP contribution in [0.15, 0.2) is 41.1 Å². The van der Waals surface area contributed by atoms with Gasteiger partial charge in [0.15, 0.2) is 0 Å². The number of ether oxygens (including phenoxy) is 1. The smallest absolute Gasteiger partial charge is 0.255 e. The molecule has 1 N–H and O–H groups in total. The summed E-state index contributed by atoms with van der Waals surface area (Å²) in [6.45, 7) is 2.63. The summed E-state index contributed by atoms with van der Waals surface area (Å²) in [5, 5.41) is 3.25. The molecule has 4 nitrogen and oxygen atoms in total. The highest BCUT2D eigenvalue weighted by molar-refractivity contribution is 9.10. The molecule has 0 saturated carbocycles. The Bertz CT molecular complexity index is 649. The van der Waals surface area contributed by atoms with Crippen LogP contribution in [-0.2, 0) is 0 Å². The van der Waals surface area contributed by atoms with E-state index in [1.807, 2.05) is 6.92 Å². The molecule has 1 aromatic heterocycles. The molecule has 1 heterocycles. The molecule has 21 heavy (non-hydrogen) atoms. The molecule has 2 rings (SSSR count). The van der Waals surface area contributed by atoms with Gasteiger partial charge in [0.25, 0.3) is 5.91 Å². The summed E-state index contributed by atoms with van der Waals surface area (Å²) >= 11 is 9.36. The second-order valence-electron chi connectivity index (χ2n) is 4.32. The fourth-order valence-electron chi connectivity index (χ4n) is 1.65. The van der Waals surface area contributed by atoms with Gasteiger partial charge < -0.3 is 10.1 Å². The monoisotopic (exact) mass is 368 g/mol. The Morgan fingerprint density at radius 2 is 2.19 bits per heavy atom. The number of halogens is 2. The number of anilines is 1. The number of carbonyl (C=O) groups excluding carboxylic acids is 1. The van der Waals surface area contributed by atoms with Crippen molar-refractivity contribution >= 4 is 39.1 Å². The molecule has 0 fully saturated rings. The van der Waals surface area contributed by atoms with Gasteiger partial charge in [-0.25, -0.2) is 4.98 Å². The molecule has 0 bridgehead atoms. The molecule has 1 aromatic carbocycles. The second kappa shape index (κ2) is 7.43. The Morgan fingerprint density at radius 3 is 2.86 bits per heavy atom. The zero-order valence-corrected chi connectivity index (χ0v) is 13.7. The van der Waals surface area contributed by atoms with Crippen LogP contribution >= 0.6 is 27.5 Å². The minimum Gasteiger partial charge on any atom is -0.492 e.